The minimum atomic E-state index is -2.08. The van der Waals surface area contributed by atoms with E-state index >= 15 is 0 Å². The van der Waals surface area contributed by atoms with Gasteiger partial charge < -0.3 is 19.9 Å². The Morgan fingerprint density at radius 2 is 1.70 bits per heavy atom. The number of aliphatic hydroxyl groups is 1. The van der Waals surface area contributed by atoms with E-state index in [1.807, 2.05) is 48.5 Å². The van der Waals surface area contributed by atoms with Crippen LogP contribution in [0.5, 0.6) is 0 Å². The van der Waals surface area contributed by atoms with Gasteiger partial charge >= 0.3 is 0 Å². The quantitative estimate of drug-likeness (QED) is 0.321. The average Bonchev–Trinajstić information content (AvgIpc) is 2.88. The minimum absolute atomic E-state index is 0.0167. The van der Waals surface area contributed by atoms with Gasteiger partial charge in [0.1, 0.15) is 0 Å². The van der Waals surface area contributed by atoms with Gasteiger partial charge in [-0.15, -0.1) is 0 Å². The average molecular weight is 564 g/mol. The maximum Gasteiger partial charge on any atom is 0.276 e. The summed E-state index contributed by atoms with van der Waals surface area (Å²) in [6, 6.07) is 25.1. The Kier molecular flexibility index (Phi) is 9.48. The van der Waals surface area contributed by atoms with Crippen LogP contribution in [0.15, 0.2) is 78.9 Å². The summed E-state index contributed by atoms with van der Waals surface area (Å²) in [7, 11) is 2.07. The van der Waals surface area contributed by atoms with Crippen molar-refractivity contribution in [2.45, 2.75) is 41.9 Å². The van der Waals surface area contributed by atoms with E-state index in [1.54, 1.807) is 18.2 Å². The Labute approximate surface area is 232 Å². The molecule has 3 atom stereocenters. The van der Waals surface area contributed by atoms with Gasteiger partial charge in [0.15, 0.2) is 6.29 Å². The number of amides is 1. The Hall–Kier alpha value is -2.16. The van der Waals surface area contributed by atoms with Crippen molar-refractivity contribution in [3.05, 3.63) is 101 Å². The van der Waals surface area contributed by atoms with Gasteiger partial charge in [0.05, 0.1) is 18.8 Å². The number of anilines is 1. The molecule has 1 aliphatic rings. The lowest BCUT2D eigenvalue weighted by molar-refractivity contribution is -0.252. The highest BCUT2D eigenvalue weighted by atomic mass is 35.6. The molecule has 0 bridgehead atoms. The zero-order valence-corrected chi connectivity index (χ0v) is 22.6. The molecule has 3 aromatic carbocycles. The second-order valence-electron chi connectivity index (χ2n) is 9.11. The number of ether oxygens (including phenoxy) is 2. The van der Waals surface area contributed by atoms with Crippen LogP contribution in [0.25, 0.3) is 0 Å². The lowest BCUT2D eigenvalue weighted by atomic mass is 9.99. The van der Waals surface area contributed by atoms with E-state index in [0.29, 0.717) is 18.7 Å². The summed E-state index contributed by atoms with van der Waals surface area (Å²) in [6.45, 7) is 1.47. The Balaban J connectivity index is 1.54. The monoisotopic (exact) mass is 562 g/mol. The molecule has 2 N–H and O–H groups in total. The molecular weight excluding hydrogens is 535 g/mol. The molecule has 1 amide bonds. The van der Waals surface area contributed by atoms with E-state index in [2.05, 4.69) is 29.4 Å². The highest BCUT2D eigenvalue weighted by Gasteiger charge is 2.34. The minimum Gasteiger partial charge on any atom is -0.392 e. The lowest BCUT2D eigenvalue weighted by Crippen LogP contribution is -2.37. The summed E-state index contributed by atoms with van der Waals surface area (Å²) in [6.07, 6.45) is -0.343. The topological polar surface area (TPSA) is 71.0 Å². The first-order valence-corrected chi connectivity index (χ1v) is 13.1. The summed E-state index contributed by atoms with van der Waals surface area (Å²) in [5.74, 6) is -0.748. The van der Waals surface area contributed by atoms with Crippen LogP contribution in [0.2, 0.25) is 0 Å². The Morgan fingerprint density at radius 3 is 2.38 bits per heavy atom. The molecule has 0 aromatic heterocycles. The molecule has 0 radical (unpaired) electrons. The highest BCUT2D eigenvalue weighted by molar-refractivity contribution is 6.76. The summed E-state index contributed by atoms with van der Waals surface area (Å²) in [5, 5.41) is 12.0. The molecular formula is C28H29Cl3N2O4. The predicted molar refractivity (Wildman–Crippen MR) is 147 cm³/mol. The number of nitrogens with zero attached hydrogens (tertiary/aromatic N) is 1. The highest BCUT2D eigenvalue weighted by Crippen LogP contribution is 2.39. The number of hydrogen-bond donors (Lipinski definition) is 2. The first kappa shape index (κ1) is 27.9. The molecule has 3 aromatic rings. The predicted octanol–water partition coefficient (Wildman–Crippen LogP) is 6.17. The van der Waals surface area contributed by atoms with Crippen LogP contribution in [0.4, 0.5) is 5.69 Å². The molecule has 37 heavy (non-hydrogen) atoms. The Morgan fingerprint density at radius 1 is 0.973 bits per heavy atom. The molecule has 1 aliphatic heterocycles. The molecule has 196 valence electrons. The normalized spacial score (nSPS) is 20.1. The fourth-order valence-electron chi connectivity index (χ4n) is 4.31. The summed E-state index contributed by atoms with van der Waals surface area (Å²) in [4.78, 5) is 14.4. The Bertz CT molecular complexity index is 1170. The fourth-order valence-corrected chi connectivity index (χ4v) is 4.45. The number of hydrogen-bond acceptors (Lipinski definition) is 5. The first-order chi connectivity index (χ1) is 17.7. The second kappa shape index (κ2) is 12.6. The number of nitrogens with one attached hydrogen (secondary N) is 1. The SMILES string of the molecule is CN(Cc1ccccc1)C[C@@H]1C[C@H](c2ccc(CO)cc2)O[C@H](c2cccc(NC(=O)C(Cl)(Cl)Cl)c2)O1. The number of rotatable bonds is 8. The van der Waals surface area contributed by atoms with Crippen LogP contribution in [-0.4, -0.2) is 39.4 Å². The molecule has 0 unspecified atom stereocenters. The third-order valence-corrected chi connectivity index (χ3v) is 6.61. The number of likely N-dealkylation sites (N-methyl/N-ethyl adjacent to an activating group) is 1. The van der Waals surface area contributed by atoms with E-state index in [0.717, 1.165) is 23.2 Å². The summed E-state index contributed by atoms with van der Waals surface area (Å²) in [5.41, 5.74) is 4.26. The number of carbonyl (C=O) groups excluding carboxylic acids is 1. The number of aliphatic hydroxyl groups excluding tert-OH is 1. The largest absolute Gasteiger partial charge is 0.392 e. The first-order valence-electron chi connectivity index (χ1n) is 11.9. The van der Waals surface area contributed by atoms with Gasteiger partial charge in [-0.25, -0.2) is 0 Å². The summed E-state index contributed by atoms with van der Waals surface area (Å²) < 4.78 is 10.7. The molecule has 1 fully saturated rings. The van der Waals surface area contributed by atoms with Crippen LogP contribution in [-0.2, 0) is 27.4 Å². The molecule has 0 aliphatic carbocycles. The molecule has 0 spiro atoms. The van der Waals surface area contributed by atoms with Crippen molar-refractivity contribution in [1.82, 2.24) is 4.90 Å². The van der Waals surface area contributed by atoms with Crippen molar-refractivity contribution in [3.8, 4) is 0 Å². The maximum atomic E-state index is 12.1. The van der Waals surface area contributed by atoms with E-state index in [4.69, 9.17) is 44.3 Å². The van der Waals surface area contributed by atoms with Gasteiger partial charge in [-0.2, -0.15) is 0 Å². The van der Waals surface area contributed by atoms with Crippen molar-refractivity contribution in [3.63, 3.8) is 0 Å². The van der Waals surface area contributed by atoms with E-state index < -0.39 is 16.0 Å². The van der Waals surface area contributed by atoms with Gasteiger partial charge in [-0.1, -0.05) is 102 Å². The number of alkyl halides is 3. The van der Waals surface area contributed by atoms with Crippen molar-refractivity contribution < 1.29 is 19.4 Å². The van der Waals surface area contributed by atoms with Crippen LogP contribution in [0.3, 0.4) is 0 Å². The van der Waals surface area contributed by atoms with E-state index in [1.165, 1.54) is 5.56 Å². The smallest absolute Gasteiger partial charge is 0.276 e. The van der Waals surface area contributed by atoms with Gasteiger partial charge in [0.25, 0.3) is 9.70 Å². The van der Waals surface area contributed by atoms with Gasteiger partial charge in [0, 0.05) is 30.8 Å². The third kappa shape index (κ3) is 7.91. The van der Waals surface area contributed by atoms with Crippen molar-refractivity contribution in [1.29, 1.82) is 0 Å². The van der Waals surface area contributed by atoms with Gasteiger partial charge in [0.2, 0.25) is 0 Å². The fraction of sp³-hybridized carbons (Fsp3) is 0.321. The van der Waals surface area contributed by atoms with Crippen molar-refractivity contribution in [2.75, 3.05) is 18.9 Å². The van der Waals surface area contributed by atoms with Gasteiger partial charge in [-0.3, -0.25) is 9.69 Å². The maximum absolute atomic E-state index is 12.1. The molecule has 1 saturated heterocycles. The van der Waals surface area contributed by atoms with Crippen molar-refractivity contribution in [2.24, 2.45) is 0 Å². The summed E-state index contributed by atoms with van der Waals surface area (Å²) >= 11 is 17.1. The van der Waals surface area contributed by atoms with Crippen LogP contribution in [0.1, 0.15) is 41.1 Å². The number of halogens is 3. The van der Waals surface area contributed by atoms with Gasteiger partial charge in [-0.05, 0) is 35.9 Å². The van der Waals surface area contributed by atoms with Crippen LogP contribution < -0.4 is 5.32 Å². The zero-order chi connectivity index (χ0) is 26.4. The zero-order valence-electron chi connectivity index (χ0n) is 20.3. The van der Waals surface area contributed by atoms with E-state index in [9.17, 15) is 9.90 Å². The van der Waals surface area contributed by atoms with Crippen LogP contribution in [0, 0.1) is 0 Å². The molecule has 6 nitrogen and oxygen atoms in total. The molecule has 9 heteroatoms. The molecule has 4 rings (SSSR count). The molecule has 0 saturated carbocycles. The van der Waals surface area contributed by atoms with E-state index in [-0.39, 0.29) is 18.8 Å². The van der Waals surface area contributed by atoms with Crippen LogP contribution >= 0.6 is 34.8 Å². The van der Waals surface area contributed by atoms with Crippen molar-refractivity contribution >= 4 is 46.4 Å². The number of benzene rings is 3. The molecule has 1 heterocycles. The standard InChI is InChI=1S/C28H29Cl3N2O4/c1-33(16-19-6-3-2-4-7-19)17-24-15-25(21-12-10-20(18-34)11-13-21)37-26(36-24)22-8-5-9-23(14-22)32-27(35)28(29,30)31/h2-14,24-26,34H,15-18H2,1H3,(H,32,35)/t24-,25+,26+/m0/s1. The third-order valence-electron chi connectivity index (χ3n) is 6.10. The second-order valence-corrected chi connectivity index (χ2v) is 11.4. The number of carbonyl (C=O) groups is 1. The lowest BCUT2D eigenvalue weighted by Gasteiger charge is -2.38.